The molecule has 2 heterocycles. The number of nitriles is 1. The van der Waals surface area contributed by atoms with E-state index in [2.05, 4.69) is 11.4 Å². The maximum Gasteiger partial charge on any atom is 0.416 e. The number of alkyl halides is 3. The summed E-state index contributed by atoms with van der Waals surface area (Å²) in [7, 11) is 0. The Bertz CT molecular complexity index is 1850. The highest BCUT2D eigenvalue weighted by Crippen LogP contribution is 2.45. The van der Waals surface area contributed by atoms with Gasteiger partial charge in [-0.15, -0.1) is 11.8 Å². The van der Waals surface area contributed by atoms with Crippen LogP contribution in [0.4, 0.5) is 22.0 Å². The van der Waals surface area contributed by atoms with Gasteiger partial charge in [0.25, 0.3) is 5.56 Å². The second-order valence-corrected chi connectivity index (χ2v) is 12.7. The number of nitrogens with one attached hydrogen (secondary N) is 1. The number of unbranched alkanes of at least 4 members (excludes halogenated alkanes) is 1. The fraction of sp³-hybridized carbons (Fsp3) is 0.333. The molecule has 0 aliphatic carbocycles. The first-order valence-electron chi connectivity index (χ1n) is 15.3. The number of pyridine rings is 1. The molecule has 0 saturated heterocycles. The highest BCUT2D eigenvalue weighted by Gasteiger charge is 2.38. The molecule has 1 aromatic heterocycles. The fourth-order valence-corrected chi connectivity index (χ4v) is 7.52. The van der Waals surface area contributed by atoms with E-state index < -0.39 is 53.0 Å². The Kier molecular flexibility index (Phi) is 10.4. The number of nitrogens with zero attached hydrogens (tertiary/aromatic N) is 2. The molecule has 2 unspecified atom stereocenters. The molecule has 5 nitrogen and oxygen atoms in total. The lowest BCUT2D eigenvalue weighted by Crippen LogP contribution is -2.36. The summed E-state index contributed by atoms with van der Waals surface area (Å²) >= 11 is 1.30. The van der Waals surface area contributed by atoms with Gasteiger partial charge in [0.05, 0.1) is 40.4 Å². The Morgan fingerprint density at radius 1 is 1.04 bits per heavy atom. The average molecular weight is 668 g/mol. The minimum atomic E-state index is -4.82. The van der Waals surface area contributed by atoms with E-state index in [1.807, 2.05) is 30.3 Å². The third kappa shape index (κ3) is 7.09. The third-order valence-corrected chi connectivity index (χ3v) is 9.43. The van der Waals surface area contributed by atoms with Crippen molar-refractivity contribution in [3.8, 4) is 22.9 Å². The van der Waals surface area contributed by atoms with E-state index in [4.69, 9.17) is 10.00 Å². The Hall–Kier alpha value is -4.14. The normalized spacial score (nSPS) is 15.0. The molecule has 5 rings (SSSR count). The summed E-state index contributed by atoms with van der Waals surface area (Å²) in [5.41, 5.74) is -0.802. The van der Waals surface area contributed by atoms with Gasteiger partial charge in [-0.3, -0.25) is 9.36 Å². The summed E-state index contributed by atoms with van der Waals surface area (Å²) in [5.74, 6) is -1.49. The number of fused-ring (bicyclic) bond motifs is 1. The molecule has 0 bridgehead atoms. The molecule has 1 aliphatic heterocycles. The first-order valence-corrected chi connectivity index (χ1v) is 16.3. The van der Waals surface area contributed by atoms with Crippen LogP contribution in [-0.2, 0) is 12.6 Å². The number of halogens is 5. The summed E-state index contributed by atoms with van der Waals surface area (Å²) in [6.07, 6.45) is -4.76. The lowest BCUT2D eigenvalue weighted by molar-refractivity contribution is -0.138. The number of hydrogen-bond donors (Lipinski definition) is 1. The van der Waals surface area contributed by atoms with Gasteiger partial charge in [0.15, 0.2) is 11.6 Å². The predicted molar refractivity (Wildman–Crippen MR) is 173 cm³/mol. The number of aromatic nitrogens is 1. The molecule has 0 saturated carbocycles. The van der Waals surface area contributed by atoms with Crippen molar-refractivity contribution < 1.29 is 26.7 Å². The van der Waals surface area contributed by atoms with Crippen LogP contribution in [0.2, 0.25) is 0 Å². The first kappa shape index (κ1) is 34.2. The minimum Gasteiger partial charge on any atom is -0.488 e. The molecule has 2 atom stereocenters. The molecule has 47 heavy (non-hydrogen) atoms. The first-order chi connectivity index (χ1) is 22.4. The van der Waals surface area contributed by atoms with Crippen molar-refractivity contribution in [2.45, 2.75) is 69.4 Å². The molecular formula is C36H34F5N3O2S. The predicted octanol–water partition coefficient (Wildman–Crippen LogP) is 8.78. The van der Waals surface area contributed by atoms with Crippen molar-refractivity contribution in [1.82, 2.24) is 9.88 Å². The SMILES string of the molecule is Cc1c(Cc2c(F)cccc2C(F)(F)F)c2n(c(=O)c1-c1cccc(OC(C)C)c1F)C(C(NCCCC#N)c1ccccc1)CS2. The van der Waals surface area contributed by atoms with Gasteiger partial charge in [-0.05, 0) is 68.6 Å². The molecule has 1 N–H and O–H groups in total. The van der Waals surface area contributed by atoms with Gasteiger partial charge >= 0.3 is 6.18 Å². The van der Waals surface area contributed by atoms with Crippen molar-refractivity contribution in [3.63, 3.8) is 0 Å². The van der Waals surface area contributed by atoms with Gasteiger partial charge in [0.1, 0.15) is 5.82 Å². The van der Waals surface area contributed by atoms with Crippen LogP contribution in [0.1, 0.15) is 66.6 Å². The molecule has 0 radical (unpaired) electrons. The number of rotatable bonds is 11. The van der Waals surface area contributed by atoms with Crippen molar-refractivity contribution in [2.75, 3.05) is 12.3 Å². The molecule has 1 aliphatic rings. The Balaban J connectivity index is 1.76. The van der Waals surface area contributed by atoms with Crippen molar-refractivity contribution in [2.24, 2.45) is 0 Å². The van der Waals surface area contributed by atoms with Crippen LogP contribution in [0.5, 0.6) is 5.75 Å². The van der Waals surface area contributed by atoms with Gasteiger partial charge in [-0.25, -0.2) is 8.78 Å². The summed E-state index contributed by atoms with van der Waals surface area (Å²) in [4.78, 5) is 14.6. The lowest BCUT2D eigenvalue weighted by Gasteiger charge is -2.28. The maximum absolute atomic E-state index is 16.1. The number of hydrogen-bond acceptors (Lipinski definition) is 5. The maximum atomic E-state index is 16.1. The zero-order chi connectivity index (χ0) is 33.9. The quantitative estimate of drug-likeness (QED) is 0.128. The van der Waals surface area contributed by atoms with Crippen molar-refractivity contribution >= 4 is 11.8 Å². The molecule has 0 amide bonds. The molecule has 11 heteroatoms. The third-order valence-electron chi connectivity index (χ3n) is 8.21. The molecular weight excluding hydrogens is 633 g/mol. The van der Waals surface area contributed by atoms with E-state index in [0.717, 1.165) is 23.8 Å². The zero-order valence-electron chi connectivity index (χ0n) is 26.1. The lowest BCUT2D eigenvalue weighted by atomic mass is 9.91. The van der Waals surface area contributed by atoms with Crippen LogP contribution in [-0.4, -0.2) is 23.0 Å². The Morgan fingerprint density at radius 3 is 2.45 bits per heavy atom. The van der Waals surface area contributed by atoms with Crippen LogP contribution in [0.25, 0.3) is 11.1 Å². The fourth-order valence-electron chi connectivity index (χ4n) is 6.09. The van der Waals surface area contributed by atoms with Crippen LogP contribution in [0, 0.1) is 29.9 Å². The van der Waals surface area contributed by atoms with Crippen LogP contribution in [0.15, 0.2) is 76.6 Å². The second kappa shape index (κ2) is 14.3. The summed E-state index contributed by atoms with van der Waals surface area (Å²) < 4.78 is 80.9. The van der Waals surface area contributed by atoms with Gasteiger partial charge in [0, 0.05) is 29.7 Å². The van der Waals surface area contributed by atoms with Gasteiger partial charge < -0.3 is 10.1 Å². The number of thioether (sulfide) groups is 1. The van der Waals surface area contributed by atoms with Crippen LogP contribution in [0.3, 0.4) is 0 Å². The number of benzene rings is 3. The minimum absolute atomic E-state index is 0.0239. The largest absolute Gasteiger partial charge is 0.488 e. The smallest absolute Gasteiger partial charge is 0.416 e. The molecule has 4 aromatic rings. The van der Waals surface area contributed by atoms with E-state index in [9.17, 15) is 18.0 Å². The van der Waals surface area contributed by atoms with Crippen LogP contribution >= 0.6 is 11.8 Å². The zero-order valence-corrected chi connectivity index (χ0v) is 26.9. The standard InChI is InChI=1S/C36H34F5N3O2S/c1-21(2)46-30-16-9-13-24(32(30)38)31-22(3)25(19-26-27(36(39,40)41)14-10-15-28(26)37)35-44(34(31)45)29(20-47-35)33(43-18-8-7-17-42)23-11-5-4-6-12-23/h4-6,9-16,21,29,33,43H,7-8,18-20H2,1-3H3. The highest BCUT2D eigenvalue weighted by molar-refractivity contribution is 7.99. The highest BCUT2D eigenvalue weighted by atomic mass is 32.2. The van der Waals surface area contributed by atoms with Gasteiger partial charge in [0.2, 0.25) is 0 Å². The summed E-state index contributed by atoms with van der Waals surface area (Å²) in [6.45, 7) is 5.51. The molecule has 246 valence electrons. The van der Waals surface area contributed by atoms with E-state index in [1.165, 1.54) is 28.5 Å². The van der Waals surface area contributed by atoms with Crippen molar-refractivity contribution in [3.05, 3.63) is 117 Å². The Morgan fingerprint density at radius 2 is 1.77 bits per heavy atom. The van der Waals surface area contributed by atoms with Crippen molar-refractivity contribution in [1.29, 1.82) is 5.26 Å². The van der Waals surface area contributed by atoms with E-state index in [-0.39, 0.29) is 28.5 Å². The van der Waals surface area contributed by atoms with Crippen LogP contribution < -0.4 is 15.6 Å². The summed E-state index contributed by atoms with van der Waals surface area (Å²) in [5, 5.41) is 12.9. The van der Waals surface area contributed by atoms with Gasteiger partial charge in [-0.1, -0.05) is 48.5 Å². The van der Waals surface area contributed by atoms with E-state index in [1.54, 1.807) is 26.8 Å². The second-order valence-electron chi connectivity index (χ2n) is 11.7. The molecule has 0 spiro atoms. The number of ether oxygens (including phenoxy) is 1. The summed E-state index contributed by atoms with van der Waals surface area (Å²) in [6, 6.07) is 17.9. The average Bonchev–Trinajstić information content (AvgIpc) is 3.46. The topological polar surface area (TPSA) is 67.0 Å². The van der Waals surface area contributed by atoms with E-state index in [0.29, 0.717) is 35.7 Å². The van der Waals surface area contributed by atoms with E-state index >= 15 is 8.78 Å². The monoisotopic (exact) mass is 667 g/mol. The Labute approximate surface area is 274 Å². The van der Waals surface area contributed by atoms with Gasteiger partial charge in [-0.2, -0.15) is 18.4 Å². The molecule has 0 fully saturated rings. The molecule has 3 aromatic carbocycles.